The molecule has 172 valence electrons. The predicted octanol–water partition coefficient (Wildman–Crippen LogP) is 5.49. The Labute approximate surface area is 200 Å². The van der Waals surface area contributed by atoms with Crippen LogP contribution in [0.4, 0.5) is 5.69 Å². The molecule has 0 saturated carbocycles. The van der Waals surface area contributed by atoms with Crippen LogP contribution >= 0.6 is 11.6 Å². The number of hydrogen-bond donors (Lipinski definition) is 0. The van der Waals surface area contributed by atoms with Crippen LogP contribution in [0.15, 0.2) is 71.4 Å². The Hall–Kier alpha value is -4.17. The number of nitrogens with zero attached hydrogens (tertiary/aromatic N) is 2. The van der Waals surface area contributed by atoms with Gasteiger partial charge in [-0.1, -0.05) is 48.0 Å². The summed E-state index contributed by atoms with van der Waals surface area (Å²) >= 11 is 6.44. The van der Waals surface area contributed by atoms with E-state index in [9.17, 15) is 14.9 Å². The van der Waals surface area contributed by atoms with Crippen molar-refractivity contribution in [2.45, 2.75) is 13.5 Å². The minimum atomic E-state index is -0.683. The Bertz CT molecular complexity index is 1330. The molecule has 0 amide bonds. The lowest BCUT2D eigenvalue weighted by atomic mass is 10.1. The number of rotatable bonds is 7. The molecule has 0 aliphatic carbocycles. The number of aliphatic imine (C=N–C) groups is 1. The Morgan fingerprint density at radius 2 is 1.91 bits per heavy atom. The summed E-state index contributed by atoms with van der Waals surface area (Å²) in [6.45, 7) is 1.93. The van der Waals surface area contributed by atoms with Crippen LogP contribution in [0.3, 0.4) is 0 Å². The molecule has 0 unspecified atom stereocenters. The van der Waals surface area contributed by atoms with E-state index in [0.29, 0.717) is 39.8 Å². The highest BCUT2D eigenvalue weighted by Gasteiger charge is 2.26. The normalized spacial score (nSPS) is 14.0. The maximum atomic E-state index is 12.4. The van der Waals surface area contributed by atoms with Gasteiger partial charge in [0.2, 0.25) is 5.90 Å². The number of carbonyl (C=O) groups is 1. The van der Waals surface area contributed by atoms with Crippen LogP contribution in [0.1, 0.15) is 22.3 Å². The standard InChI is InChI=1S/C25H19ClN2O6/c1-15-8-9-18(13-21(15)28(30)31)24-27-20(25(29)34-24)11-17-10-19(26)23(22(12-17)32-2)33-14-16-6-4-3-5-7-16/h3-13H,14H2,1-2H3/b20-11-. The van der Waals surface area contributed by atoms with Crippen LogP contribution in [0.2, 0.25) is 5.02 Å². The molecule has 34 heavy (non-hydrogen) atoms. The van der Waals surface area contributed by atoms with Gasteiger partial charge in [0.1, 0.15) is 6.61 Å². The van der Waals surface area contributed by atoms with Crippen LogP contribution < -0.4 is 9.47 Å². The molecule has 9 heteroatoms. The molecule has 4 rings (SSSR count). The van der Waals surface area contributed by atoms with E-state index in [0.717, 1.165) is 5.56 Å². The van der Waals surface area contributed by atoms with E-state index >= 15 is 0 Å². The third-order valence-corrected chi connectivity index (χ3v) is 5.34. The number of ether oxygens (including phenoxy) is 3. The van der Waals surface area contributed by atoms with Crippen LogP contribution in [0.25, 0.3) is 6.08 Å². The number of aryl methyl sites for hydroxylation is 1. The minimum Gasteiger partial charge on any atom is -0.493 e. The average molecular weight is 479 g/mol. The summed E-state index contributed by atoms with van der Waals surface area (Å²) in [5, 5.41) is 11.5. The molecule has 8 nitrogen and oxygen atoms in total. The van der Waals surface area contributed by atoms with Crippen molar-refractivity contribution in [3.63, 3.8) is 0 Å². The first kappa shape index (κ1) is 23.0. The molecular formula is C25H19ClN2O6. The number of hydrogen-bond acceptors (Lipinski definition) is 7. The Morgan fingerprint density at radius 3 is 2.62 bits per heavy atom. The first-order valence-electron chi connectivity index (χ1n) is 10.2. The fourth-order valence-electron chi connectivity index (χ4n) is 3.32. The first-order valence-corrected chi connectivity index (χ1v) is 10.6. The van der Waals surface area contributed by atoms with Crippen LogP contribution in [0.5, 0.6) is 11.5 Å². The zero-order valence-electron chi connectivity index (χ0n) is 18.3. The van der Waals surface area contributed by atoms with E-state index < -0.39 is 10.9 Å². The number of esters is 1. The second-order valence-corrected chi connectivity index (χ2v) is 7.81. The number of cyclic esters (lactones) is 1. The van der Waals surface area contributed by atoms with E-state index in [2.05, 4.69) is 4.99 Å². The number of benzene rings is 3. The van der Waals surface area contributed by atoms with Gasteiger partial charge in [0.05, 0.1) is 17.1 Å². The summed E-state index contributed by atoms with van der Waals surface area (Å²) in [6.07, 6.45) is 1.49. The molecule has 0 N–H and O–H groups in total. The molecule has 3 aromatic carbocycles. The van der Waals surface area contributed by atoms with Gasteiger partial charge in [-0.2, -0.15) is 0 Å². The van der Waals surface area contributed by atoms with Crippen molar-refractivity contribution in [2.75, 3.05) is 7.11 Å². The highest BCUT2D eigenvalue weighted by atomic mass is 35.5. The molecule has 0 bridgehead atoms. The van der Waals surface area contributed by atoms with Gasteiger partial charge in [-0.15, -0.1) is 0 Å². The van der Waals surface area contributed by atoms with Crippen LogP contribution in [0, 0.1) is 17.0 Å². The van der Waals surface area contributed by atoms with Crippen molar-refractivity contribution in [2.24, 2.45) is 4.99 Å². The lowest BCUT2D eigenvalue weighted by molar-refractivity contribution is -0.385. The SMILES string of the molecule is COc1cc(/C=C2\N=C(c3ccc(C)c([N+](=O)[O-])c3)OC2=O)cc(Cl)c1OCc1ccccc1. The van der Waals surface area contributed by atoms with Crippen molar-refractivity contribution >= 4 is 35.2 Å². The van der Waals surface area contributed by atoms with Crippen LogP contribution in [-0.4, -0.2) is 23.9 Å². The zero-order chi connectivity index (χ0) is 24.2. The van der Waals surface area contributed by atoms with Crippen molar-refractivity contribution in [1.29, 1.82) is 0 Å². The van der Waals surface area contributed by atoms with Crippen molar-refractivity contribution in [3.05, 3.63) is 104 Å². The smallest absolute Gasteiger partial charge is 0.363 e. The average Bonchev–Trinajstić information content (AvgIpc) is 3.18. The molecule has 0 atom stereocenters. The van der Waals surface area contributed by atoms with Crippen molar-refractivity contribution in [3.8, 4) is 11.5 Å². The van der Waals surface area contributed by atoms with Gasteiger partial charge in [-0.25, -0.2) is 9.79 Å². The van der Waals surface area contributed by atoms with E-state index in [1.807, 2.05) is 30.3 Å². The number of methoxy groups -OCH3 is 1. The molecular weight excluding hydrogens is 460 g/mol. The molecule has 0 aromatic heterocycles. The number of nitro groups is 1. The number of carbonyl (C=O) groups excluding carboxylic acids is 1. The minimum absolute atomic E-state index is 0.0137. The molecule has 0 saturated heterocycles. The lowest BCUT2D eigenvalue weighted by Crippen LogP contribution is -2.06. The van der Waals surface area contributed by atoms with Gasteiger partial charge >= 0.3 is 5.97 Å². The van der Waals surface area contributed by atoms with E-state index in [1.165, 1.54) is 19.3 Å². The maximum Gasteiger partial charge on any atom is 0.363 e. The molecule has 1 heterocycles. The summed E-state index contributed by atoms with van der Waals surface area (Å²) in [5.74, 6) is 0.0679. The third kappa shape index (κ3) is 4.92. The highest BCUT2D eigenvalue weighted by molar-refractivity contribution is 6.32. The van der Waals surface area contributed by atoms with Gasteiger partial charge in [-0.3, -0.25) is 10.1 Å². The molecule has 1 aliphatic rings. The van der Waals surface area contributed by atoms with E-state index in [-0.39, 0.29) is 17.3 Å². The molecule has 0 fully saturated rings. The Kier molecular flexibility index (Phi) is 6.60. The summed E-state index contributed by atoms with van der Waals surface area (Å²) < 4.78 is 16.5. The summed E-state index contributed by atoms with van der Waals surface area (Å²) in [7, 11) is 1.49. The first-order chi connectivity index (χ1) is 16.4. The van der Waals surface area contributed by atoms with E-state index in [4.69, 9.17) is 25.8 Å². The van der Waals surface area contributed by atoms with Gasteiger partial charge in [0.15, 0.2) is 17.2 Å². The highest BCUT2D eigenvalue weighted by Crippen LogP contribution is 2.38. The molecule has 0 radical (unpaired) electrons. The molecule has 0 spiro atoms. The van der Waals surface area contributed by atoms with Crippen LogP contribution in [-0.2, 0) is 16.1 Å². The predicted molar refractivity (Wildman–Crippen MR) is 127 cm³/mol. The lowest BCUT2D eigenvalue weighted by Gasteiger charge is -2.13. The summed E-state index contributed by atoms with van der Waals surface area (Å²) in [5.41, 5.74) is 2.27. The maximum absolute atomic E-state index is 12.4. The largest absolute Gasteiger partial charge is 0.493 e. The second kappa shape index (κ2) is 9.76. The fourth-order valence-corrected chi connectivity index (χ4v) is 3.60. The molecule has 1 aliphatic heterocycles. The summed E-state index contributed by atoms with van der Waals surface area (Å²) in [4.78, 5) is 27.3. The number of halogens is 1. The molecule has 3 aromatic rings. The fraction of sp³-hybridized carbons (Fsp3) is 0.120. The van der Waals surface area contributed by atoms with Gasteiger partial charge in [0, 0.05) is 17.2 Å². The van der Waals surface area contributed by atoms with Gasteiger partial charge in [-0.05, 0) is 42.3 Å². The summed E-state index contributed by atoms with van der Waals surface area (Å²) in [6, 6.07) is 17.4. The van der Waals surface area contributed by atoms with Gasteiger partial charge < -0.3 is 14.2 Å². The third-order valence-electron chi connectivity index (χ3n) is 5.05. The quantitative estimate of drug-likeness (QED) is 0.193. The van der Waals surface area contributed by atoms with Crippen molar-refractivity contribution < 1.29 is 23.9 Å². The Balaban J connectivity index is 1.61. The monoisotopic (exact) mass is 478 g/mol. The topological polar surface area (TPSA) is 100 Å². The zero-order valence-corrected chi connectivity index (χ0v) is 19.0. The second-order valence-electron chi connectivity index (χ2n) is 7.40. The van der Waals surface area contributed by atoms with E-state index in [1.54, 1.807) is 31.2 Å². The van der Waals surface area contributed by atoms with Crippen molar-refractivity contribution in [1.82, 2.24) is 0 Å². The van der Waals surface area contributed by atoms with Gasteiger partial charge in [0.25, 0.3) is 5.69 Å². The Morgan fingerprint density at radius 1 is 1.15 bits per heavy atom. The number of nitro benzene ring substituents is 1.